The summed E-state index contributed by atoms with van der Waals surface area (Å²) in [6.07, 6.45) is 4.64. The second-order valence-electron chi connectivity index (χ2n) is 5.02. The van der Waals surface area contributed by atoms with Gasteiger partial charge in [0.05, 0.1) is 9.21 Å². The summed E-state index contributed by atoms with van der Waals surface area (Å²) < 4.78 is 2.68. The van der Waals surface area contributed by atoms with Gasteiger partial charge in [0.1, 0.15) is 5.82 Å². The molecule has 4 nitrogen and oxygen atoms in total. The molecule has 0 unspecified atom stereocenters. The highest BCUT2D eigenvalue weighted by atomic mass is 35.5. The second kappa shape index (κ2) is 6.98. The number of hydrogen-bond donors (Lipinski definition) is 1. The molecule has 0 spiro atoms. The predicted octanol–water partition coefficient (Wildman–Crippen LogP) is 4.08. The van der Waals surface area contributed by atoms with Crippen molar-refractivity contribution in [3.63, 3.8) is 0 Å². The Kier molecular flexibility index (Phi) is 4.79. The third-order valence-corrected chi connectivity index (χ3v) is 4.73. The Balaban J connectivity index is 1.65. The third-order valence-electron chi connectivity index (χ3n) is 3.50. The van der Waals surface area contributed by atoms with Crippen molar-refractivity contribution in [2.45, 2.75) is 19.9 Å². The van der Waals surface area contributed by atoms with Crippen molar-refractivity contribution in [3.05, 3.63) is 69.4 Å². The largest absolute Gasteiger partial charge is 0.347 e. The molecule has 118 valence electrons. The van der Waals surface area contributed by atoms with Crippen molar-refractivity contribution in [2.24, 2.45) is 0 Å². The zero-order chi connectivity index (χ0) is 16.2. The van der Waals surface area contributed by atoms with Crippen LogP contribution >= 0.6 is 22.9 Å². The summed E-state index contributed by atoms with van der Waals surface area (Å²) in [5.74, 6) is 0.925. The van der Waals surface area contributed by atoms with E-state index in [0.717, 1.165) is 23.5 Å². The van der Waals surface area contributed by atoms with Crippen LogP contribution in [0.2, 0.25) is 4.34 Å². The van der Waals surface area contributed by atoms with Gasteiger partial charge in [0.15, 0.2) is 0 Å². The monoisotopic (exact) mass is 345 g/mol. The van der Waals surface area contributed by atoms with E-state index in [2.05, 4.69) is 21.8 Å². The van der Waals surface area contributed by atoms with E-state index in [1.165, 1.54) is 11.3 Å². The number of thiophene rings is 1. The molecule has 0 radical (unpaired) electrons. The summed E-state index contributed by atoms with van der Waals surface area (Å²) in [7, 11) is 0. The number of nitrogens with zero attached hydrogens (tertiary/aromatic N) is 2. The summed E-state index contributed by atoms with van der Waals surface area (Å²) >= 11 is 7.12. The molecule has 0 aliphatic rings. The van der Waals surface area contributed by atoms with E-state index >= 15 is 0 Å². The van der Waals surface area contributed by atoms with Gasteiger partial charge in [0, 0.05) is 31.0 Å². The van der Waals surface area contributed by atoms with Crippen molar-refractivity contribution < 1.29 is 4.79 Å². The van der Waals surface area contributed by atoms with Crippen LogP contribution in [0.25, 0.3) is 5.69 Å². The van der Waals surface area contributed by atoms with E-state index in [1.54, 1.807) is 18.3 Å². The number of carbonyl (C=O) groups is 1. The molecule has 0 saturated carbocycles. The fourth-order valence-corrected chi connectivity index (χ4v) is 3.27. The topological polar surface area (TPSA) is 46.9 Å². The fraction of sp³-hybridized carbons (Fsp3) is 0.176. The highest BCUT2D eigenvalue weighted by Crippen LogP contribution is 2.21. The minimum atomic E-state index is -0.103. The average molecular weight is 346 g/mol. The van der Waals surface area contributed by atoms with Crippen LogP contribution in [0.4, 0.5) is 0 Å². The first-order chi connectivity index (χ1) is 11.2. The summed E-state index contributed by atoms with van der Waals surface area (Å²) in [6, 6.07) is 11.5. The molecule has 0 aliphatic carbocycles. The van der Waals surface area contributed by atoms with Crippen LogP contribution in [0.5, 0.6) is 0 Å². The minimum Gasteiger partial charge on any atom is -0.347 e. The van der Waals surface area contributed by atoms with Crippen LogP contribution in [-0.4, -0.2) is 15.5 Å². The number of nitrogens with one attached hydrogen (secondary N) is 1. The third kappa shape index (κ3) is 3.63. The Labute approximate surface area is 143 Å². The van der Waals surface area contributed by atoms with Crippen molar-refractivity contribution in [1.82, 2.24) is 14.9 Å². The van der Waals surface area contributed by atoms with Crippen molar-refractivity contribution >= 4 is 28.8 Å². The van der Waals surface area contributed by atoms with E-state index in [0.29, 0.717) is 15.8 Å². The maximum absolute atomic E-state index is 12.0. The number of aryl methyl sites for hydroxylation is 1. The van der Waals surface area contributed by atoms with Crippen molar-refractivity contribution in [3.8, 4) is 5.69 Å². The molecular weight excluding hydrogens is 330 g/mol. The first-order valence-electron chi connectivity index (χ1n) is 7.32. The summed E-state index contributed by atoms with van der Waals surface area (Å²) in [6.45, 7) is 2.57. The molecule has 3 aromatic rings. The van der Waals surface area contributed by atoms with E-state index in [1.807, 2.05) is 30.5 Å². The van der Waals surface area contributed by atoms with Gasteiger partial charge in [-0.25, -0.2) is 4.98 Å². The van der Waals surface area contributed by atoms with E-state index in [4.69, 9.17) is 11.6 Å². The van der Waals surface area contributed by atoms with Gasteiger partial charge in [-0.05, 0) is 29.8 Å². The highest BCUT2D eigenvalue weighted by Gasteiger charge is 2.08. The van der Waals surface area contributed by atoms with Crippen LogP contribution in [0.15, 0.2) is 48.8 Å². The Morgan fingerprint density at radius 1 is 1.26 bits per heavy atom. The zero-order valence-electron chi connectivity index (χ0n) is 12.6. The van der Waals surface area contributed by atoms with Crippen LogP contribution in [0.1, 0.15) is 28.0 Å². The Morgan fingerprint density at radius 3 is 2.70 bits per heavy atom. The lowest BCUT2D eigenvalue weighted by molar-refractivity contribution is 0.0955. The van der Waals surface area contributed by atoms with Gasteiger partial charge in [0.25, 0.3) is 5.91 Å². The molecule has 0 fully saturated rings. The smallest absolute Gasteiger partial charge is 0.261 e. The molecular formula is C17H16ClN3OS. The molecule has 3 rings (SSSR count). The second-order valence-corrected chi connectivity index (χ2v) is 6.73. The lowest BCUT2D eigenvalue weighted by Gasteiger charge is -2.08. The van der Waals surface area contributed by atoms with Crippen molar-refractivity contribution in [1.29, 1.82) is 0 Å². The standard InChI is InChI=1S/C17H16ClN3OS/c1-2-16-19-9-10-21(16)13-5-3-12(4-6-13)11-20-17(22)14-7-8-15(18)23-14/h3-10H,2,11H2,1H3,(H,20,22). The molecule has 0 atom stereocenters. The molecule has 6 heteroatoms. The van der Waals surface area contributed by atoms with Crippen LogP contribution in [0.3, 0.4) is 0 Å². The van der Waals surface area contributed by atoms with Gasteiger partial charge < -0.3 is 9.88 Å². The molecule has 1 amide bonds. The molecule has 0 saturated heterocycles. The van der Waals surface area contributed by atoms with Crippen LogP contribution in [0, 0.1) is 0 Å². The quantitative estimate of drug-likeness (QED) is 0.757. The van der Waals surface area contributed by atoms with Crippen LogP contribution in [-0.2, 0) is 13.0 Å². The minimum absolute atomic E-state index is 0.103. The number of hydrogen-bond acceptors (Lipinski definition) is 3. The molecule has 23 heavy (non-hydrogen) atoms. The number of imidazole rings is 1. The van der Waals surface area contributed by atoms with Crippen molar-refractivity contribution in [2.75, 3.05) is 0 Å². The summed E-state index contributed by atoms with van der Waals surface area (Å²) in [5.41, 5.74) is 2.11. The SMILES string of the molecule is CCc1nccn1-c1ccc(CNC(=O)c2ccc(Cl)s2)cc1. The Hall–Kier alpha value is -2.11. The van der Waals surface area contributed by atoms with Gasteiger partial charge in [-0.2, -0.15) is 0 Å². The van der Waals surface area contributed by atoms with Crippen LogP contribution < -0.4 is 5.32 Å². The molecule has 1 N–H and O–H groups in total. The molecule has 0 aliphatic heterocycles. The Morgan fingerprint density at radius 2 is 2.04 bits per heavy atom. The predicted molar refractivity (Wildman–Crippen MR) is 93.4 cm³/mol. The van der Waals surface area contributed by atoms with E-state index in [9.17, 15) is 4.79 Å². The normalized spacial score (nSPS) is 10.7. The lowest BCUT2D eigenvalue weighted by Crippen LogP contribution is -2.21. The van der Waals surface area contributed by atoms with Gasteiger partial charge in [-0.3, -0.25) is 4.79 Å². The van der Waals surface area contributed by atoms with Gasteiger partial charge >= 0.3 is 0 Å². The number of aromatic nitrogens is 2. The number of benzene rings is 1. The Bertz CT molecular complexity index is 807. The van der Waals surface area contributed by atoms with E-state index < -0.39 is 0 Å². The first kappa shape index (κ1) is 15.8. The zero-order valence-corrected chi connectivity index (χ0v) is 14.2. The van der Waals surface area contributed by atoms with Gasteiger partial charge in [0.2, 0.25) is 0 Å². The summed E-state index contributed by atoms with van der Waals surface area (Å²) in [4.78, 5) is 16.9. The van der Waals surface area contributed by atoms with Gasteiger partial charge in [-0.1, -0.05) is 30.7 Å². The molecule has 2 aromatic heterocycles. The maximum Gasteiger partial charge on any atom is 0.261 e. The fourth-order valence-electron chi connectivity index (χ4n) is 2.31. The number of amides is 1. The van der Waals surface area contributed by atoms with Gasteiger partial charge in [-0.15, -0.1) is 11.3 Å². The molecule has 0 bridgehead atoms. The molecule has 1 aromatic carbocycles. The molecule has 2 heterocycles. The lowest BCUT2D eigenvalue weighted by atomic mass is 10.2. The number of halogens is 1. The maximum atomic E-state index is 12.0. The highest BCUT2D eigenvalue weighted by molar-refractivity contribution is 7.17. The number of carbonyl (C=O) groups excluding carboxylic acids is 1. The number of rotatable bonds is 5. The average Bonchev–Trinajstić information content (AvgIpc) is 3.21. The first-order valence-corrected chi connectivity index (χ1v) is 8.52. The summed E-state index contributed by atoms with van der Waals surface area (Å²) in [5, 5.41) is 2.90. The van der Waals surface area contributed by atoms with E-state index in [-0.39, 0.29) is 5.91 Å².